The van der Waals surface area contributed by atoms with Gasteiger partial charge in [0, 0.05) is 17.8 Å². The zero-order valence-corrected chi connectivity index (χ0v) is 16.0. The van der Waals surface area contributed by atoms with E-state index in [4.69, 9.17) is 32.4 Å². The van der Waals surface area contributed by atoms with Gasteiger partial charge in [0.1, 0.15) is 22.7 Å². The van der Waals surface area contributed by atoms with Crippen molar-refractivity contribution in [2.75, 3.05) is 22.9 Å². The topological polar surface area (TPSA) is 123 Å². The number of rotatable bonds is 4. The second-order valence-electron chi connectivity index (χ2n) is 9.13. The first-order valence-corrected chi connectivity index (χ1v) is 10.0. The Labute approximate surface area is 165 Å². The Morgan fingerprint density at radius 2 is 1.11 bits per heavy atom. The van der Waals surface area contributed by atoms with Gasteiger partial charge in [-0.1, -0.05) is 0 Å². The van der Waals surface area contributed by atoms with Gasteiger partial charge in [0.25, 0.3) is 0 Å². The van der Waals surface area contributed by atoms with E-state index in [1.54, 1.807) is 12.1 Å². The van der Waals surface area contributed by atoms with Crippen molar-refractivity contribution in [3.63, 3.8) is 0 Å². The van der Waals surface area contributed by atoms with Crippen molar-refractivity contribution in [3.05, 3.63) is 36.4 Å². The lowest BCUT2D eigenvalue weighted by Gasteiger charge is -2.60. The number of anilines is 4. The first-order valence-electron chi connectivity index (χ1n) is 10.0. The second kappa shape index (κ2) is 5.87. The molecule has 0 amide bonds. The van der Waals surface area contributed by atoms with Crippen molar-refractivity contribution in [3.8, 4) is 11.5 Å². The smallest absolute Gasteiger partial charge is 0.143 e. The van der Waals surface area contributed by atoms with Crippen LogP contribution in [0, 0.1) is 11.8 Å². The van der Waals surface area contributed by atoms with Gasteiger partial charge in [0.05, 0.1) is 11.4 Å². The van der Waals surface area contributed by atoms with Gasteiger partial charge in [-0.3, -0.25) is 0 Å². The largest absolute Gasteiger partial charge is 0.485 e. The summed E-state index contributed by atoms with van der Waals surface area (Å²) in [7, 11) is 0. The molecular formula is C22H28N4O2. The molecule has 0 unspecified atom stereocenters. The maximum atomic E-state index is 6.60. The molecule has 8 N–H and O–H groups in total. The van der Waals surface area contributed by atoms with Crippen molar-refractivity contribution in [2.24, 2.45) is 11.8 Å². The molecule has 2 aromatic rings. The molecule has 0 atom stereocenters. The SMILES string of the molecule is Nc1ccc(OC23CC4CC(C2)CC(Oc2ccc(N)cc2N)(C4)C3)c(N)c1. The van der Waals surface area contributed by atoms with E-state index in [9.17, 15) is 0 Å². The molecule has 0 spiro atoms. The second-order valence-corrected chi connectivity index (χ2v) is 9.13. The van der Waals surface area contributed by atoms with Crippen LogP contribution in [0.25, 0.3) is 0 Å². The number of benzene rings is 2. The van der Waals surface area contributed by atoms with E-state index in [1.807, 2.05) is 24.3 Å². The maximum absolute atomic E-state index is 6.60. The predicted molar refractivity (Wildman–Crippen MR) is 112 cm³/mol. The fourth-order valence-corrected chi connectivity index (χ4v) is 6.12. The highest BCUT2D eigenvalue weighted by Gasteiger charge is 2.60. The van der Waals surface area contributed by atoms with Gasteiger partial charge in [0.15, 0.2) is 0 Å². The Bertz CT molecular complexity index is 843. The molecule has 6 heteroatoms. The highest BCUT2D eigenvalue weighted by molar-refractivity contribution is 5.61. The minimum absolute atomic E-state index is 0.239. The molecule has 0 aromatic heterocycles. The van der Waals surface area contributed by atoms with Gasteiger partial charge in [-0.15, -0.1) is 0 Å². The van der Waals surface area contributed by atoms with Crippen LogP contribution in [0.2, 0.25) is 0 Å². The third-order valence-corrected chi connectivity index (χ3v) is 6.67. The monoisotopic (exact) mass is 380 g/mol. The lowest BCUT2D eigenvalue weighted by atomic mass is 9.52. The van der Waals surface area contributed by atoms with Crippen LogP contribution < -0.4 is 32.4 Å². The molecule has 4 aliphatic rings. The number of hydrogen-bond donors (Lipinski definition) is 4. The number of nitrogen functional groups attached to an aromatic ring is 4. The van der Waals surface area contributed by atoms with Crippen molar-refractivity contribution in [1.29, 1.82) is 0 Å². The maximum Gasteiger partial charge on any atom is 0.143 e. The third kappa shape index (κ3) is 2.87. The Hall–Kier alpha value is -2.76. The van der Waals surface area contributed by atoms with Gasteiger partial charge < -0.3 is 32.4 Å². The molecule has 0 heterocycles. The van der Waals surface area contributed by atoms with Crippen molar-refractivity contribution < 1.29 is 9.47 Å². The summed E-state index contributed by atoms with van der Waals surface area (Å²) < 4.78 is 13.2. The fraction of sp³-hybridized carbons (Fsp3) is 0.455. The van der Waals surface area contributed by atoms with Gasteiger partial charge >= 0.3 is 0 Å². The molecule has 4 bridgehead atoms. The van der Waals surface area contributed by atoms with Gasteiger partial charge in [0.2, 0.25) is 0 Å². The highest BCUT2D eigenvalue weighted by Crippen LogP contribution is 2.60. The van der Waals surface area contributed by atoms with Crippen LogP contribution in [0.4, 0.5) is 22.7 Å². The molecule has 6 rings (SSSR count). The highest BCUT2D eigenvalue weighted by atomic mass is 16.5. The fourth-order valence-electron chi connectivity index (χ4n) is 6.12. The Kier molecular flexibility index (Phi) is 3.63. The van der Waals surface area contributed by atoms with E-state index < -0.39 is 0 Å². The summed E-state index contributed by atoms with van der Waals surface area (Å²) in [4.78, 5) is 0. The van der Waals surface area contributed by atoms with Crippen LogP contribution in [-0.2, 0) is 0 Å². The molecule has 0 saturated heterocycles. The van der Waals surface area contributed by atoms with Crippen LogP contribution >= 0.6 is 0 Å². The molecule has 0 aliphatic heterocycles. The predicted octanol–water partition coefficient (Wildman–Crippen LogP) is 3.56. The Balaban J connectivity index is 1.45. The summed E-state index contributed by atoms with van der Waals surface area (Å²) in [6.07, 6.45) is 6.31. The number of ether oxygens (including phenoxy) is 2. The van der Waals surface area contributed by atoms with Gasteiger partial charge in [-0.2, -0.15) is 0 Å². The minimum atomic E-state index is -0.239. The van der Waals surface area contributed by atoms with Crippen LogP contribution in [-0.4, -0.2) is 11.2 Å². The van der Waals surface area contributed by atoms with E-state index in [1.165, 1.54) is 6.42 Å². The molecule has 0 radical (unpaired) electrons. The summed E-state index contributed by atoms with van der Waals surface area (Å²) >= 11 is 0. The summed E-state index contributed by atoms with van der Waals surface area (Å²) in [6, 6.07) is 11.0. The van der Waals surface area contributed by atoms with Crippen LogP contribution in [0.3, 0.4) is 0 Å². The summed E-state index contributed by atoms with van der Waals surface area (Å²) in [5, 5.41) is 0. The van der Waals surface area contributed by atoms with E-state index in [0.717, 1.165) is 43.6 Å². The lowest BCUT2D eigenvalue weighted by Crippen LogP contribution is -2.63. The molecule has 28 heavy (non-hydrogen) atoms. The standard InChI is InChI=1S/C22H28N4O2/c23-15-1-3-19(17(25)6-15)27-21-8-13-5-14(9-21)11-22(10-13,12-21)28-20-4-2-16(24)7-18(20)26/h1-4,6-7,13-14H,5,8-12,23-26H2. The summed E-state index contributed by atoms with van der Waals surface area (Å²) in [6.45, 7) is 0. The number of hydrogen-bond acceptors (Lipinski definition) is 6. The summed E-state index contributed by atoms with van der Waals surface area (Å²) in [5.74, 6) is 2.65. The molecule has 4 aliphatic carbocycles. The zero-order chi connectivity index (χ0) is 19.5. The van der Waals surface area contributed by atoms with Crippen LogP contribution in [0.5, 0.6) is 11.5 Å². The third-order valence-electron chi connectivity index (χ3n) is 6.67. The first kappa shape index (κ1) is 17.3. The normalized spacial score (nSPS) is 33.0. The molecule has 4 fully saturated rings. The molecule has 2 aromatic carbocycles. The zero-order valence-electron chi connectivity index (χ0n) is 16.0. The minimum Gasteiger partial charge on any atom is -0.485 e. The first-order chi connectivity index (χ1) is 13.3. The quantitative estimate of drug-likeness (QED) is 0.602. The molecule has 6 nitrogen and oxygen atoms in total. The Morgan fingerprint density at radius 3 is 1.50 bits per heavy atom. The van der Waals surface area contributed by atoms with Gasteiger partial charge in [-0.25, -0.2) is 0 Å². The number of nitrogens with two attached hydrogens (primary N) is 4. The van der Waals surface area contributed by atoms with Crippen molar-refractivity contribution in [1.82, 2.24) is 0 Å². The van der Waals surface area contributed by atoms with E-state index in [2.05, 4.69) is 0 Å². The van der Waals surface area contributed by atoms with E-state index in [0.29, 0.717) is 34.6 Å². The van der Waals surface area contributed by atoms with Crippen molar-refractivity contribution in [2.45, 2.75) is 49.7 Å². The average molecular weight is 380 g/mol. The van der Waals surface area contributed by atoms with Crippen molar-refractivity contribution >= 4 is 22.7 Å². The van der Waals surface area contributed by atoms with E-state index in [-0.39, 0.29) is 11.2 Å². The molecule has 4 saturated carbocycles. The van der Waals surface area contributed by atoms with Gasteiger partial charge in [-0.05, 0) is 80.3 Å². The lowest BCUT2D eigenvalue weighted by molar-refractivity contribution is -0.176. The average Bonchev–Trinajstić information content (AvgIpc) is 2.59. The Morgan fingerprint density at radius 1 is 0.679 bits per heavy atom. The van der Waals surface area contributed by atoms with Crippen LogP contribution in [0.15, 0.2) is 36.4 Å². The molecular weight excluding hydrogens is 352 g/mol. The van der Waals surface area contributed by atoms with E-state index >= 15 is 0 Å². The molecule has 148 valence electrons. The summed E-state index contributed by atoms with van der Waals surface area (Å²) in [5.41, 5.74) is 26.0. The van der Waals surface area contributed by atoms with Crippen LogP contribution in [0.1, 0.15) is 38.5 Å².